The number of ketones is 1. The van der Waals surface area contributed by atoms with Gasteiger partial charge < -0.3 is 9.47 Å². The third kappa shape index (κ3) is 5.20. The number of rotatable bonds is 7. The Morgan fingerprint density at radius 1 is 1.13 bits per heavy atom. The Labute approximate surface area is 90.2 Å². The van der Waals surface area contributed by atoms with E-state index in [4.69, 9.17) is 9.47 Å². The topological polar surface area (TPSA) is 52.6 Å². The number of Topliss-reactive ketones (excluding diaryl/α,β-unsaturated/α-hetero) is 1. The first kappa shape index (κ1) is 13.7. The van der Waals surface area contributed by atoms with Gasteiger partial charge in [-0.05, 0) is 20.3 Å². The van der Waals surface area contributed by atoms with Gasteiger partial charge in [-0.3, -0.25) is 4.79 Å². The van der Waals surface area contributed by atoms with Gasteiger partial charge in [-0.2, -0.15) is 0 Å². The molecule has 0 unspecified atom stereocenters. The second kappa shape index (κ2) is 8.03. The summed E-state index contributed by atoms with van der Waals surface area (Å²) in [7, 11) is 0. The van der Waals surface area contributed by atoms with Gasteiger partial charge in [-0.1, -0.05) is 6.92 Å². The molecule has 4 heteroatoms. The van der Waals surface area contributed by atoms with Crippen LogP contribution in [-0.2, 0) is 19.1 Å². The van der Waals surface area contributed by atoms with E-state index in [1.165, 1.54) is 6.26 Å². The summed E-state index contributed by atoms with van der Waals surface area (Å²) in [5.74, 6) is -0.839. The van der Waals surface area contributed by atoms with Crippen LogP contribution in [0.25, 0.3) is 0 Å². The average molecular weight is 214 g/mol. The number of hydrogen-bond acceptors (Lipinski definition) is 4. The average Bonchev–Trinajstić information content (AvgIpc) is 2.19. The zero-order valence-corrected chi connectivity index (χ0v) is 9.54. The van der Waals surface area contributed by atoms with E-state index in [1.54, 1.807) is 13.8 Å². The lowest BCUT2D eigenvalue weighted by Gasteiger charge is -2.05. The van der Waals surface area contributed by atoms with E-state index in [-0.39, 0.29) is 18.0 Å². The first-order chi connectivity index (χ1) is 7.17. The van der Waals surface area contributed by atoms with Crippen molar-refractivity contribution in [3.05, 3.63) is 11.8 Å². The fraction of sp³-hybridized carbons (Fsp3) is 0.636. The van der Waals surface area contributed by atoms with Gasteiger partial charge in [-0.25, -0.2) is 4.79 Å². The molecule has 0 saturated heterocycles. The van der Waals surface area contributed by atoms with Crippen molar-refractivity contribution in [3.63, 3.8) is 0 Å². The molecule has 0 heterocycles. The van der Waals surface area contributed by atoms with Gasteiger partial charge in [0, 0.05) is 6.42 Å². The molecule has 0 atom stereocenters. The van der Waals surface area contributed by atoms with E-state index in [1.807, 2.05) is 6.92 Å². The van der Waals surface area contributed by atoms with Gasteiger partial charge >= 0.3 is 5.97 Å². The summed E-state index contributed by atoms with van der Waals surface area (Å²) >= 11 is 0. The molecule has 0 aliphatic carbocycles. The zero-order valence-electron chi connectivity index (χ0n) is 9.54. The van der Waals surface area contributed by atoms with Crippen LogP contribution >= 0.6 is 0 Å². The summed E-state index contributed by atoms with van der Waals surface area (Å²) in [6.07, 6.45) is 2.22. The Bertz CT molecular complexity index is 223. The van der Waals surface area contributed by atoms with E-state index >= 15 is 0 Å². The van der Waals surface area contributed by atoms with Crippen LogP contribution in [0.15, 0.2) is 11.8 Å². The fourth-order valence-corrected chi connectivity index (χ4v) is 0.965. The third-order valence-corrected chi connectivity index (χ3v) is 1.64. The summed E-state index contributed by atoms with van der Waals surface area (Å²) in [4.78, 5) is 22.9. The maximum Gasteiger partial charge on any atom is 0.344 e. The normalized spacial score (nSPS) is 11.0. The maximum absolute atomic E-state index is 11.5. The lowest BCUT2D eigenvalue weighted by molar-refractivity contribution is -0.140. The molecule has 0 aliphatic heterocycles. The Hall–Kier alpha value is -1.32. The minimum atomic E-state index is -0.607. The molecule has 0 aliphatic rings. The van der Waals surface area contributed by atoms with Crippen molar-refractivity contribution in [1.29, 1.82) is 0 Å². The van der Waals surface area contributed by atoms with Crippen LogP contribution in [0.3, 0.4) is 0 Å². The highest BCUT2D eigenvalue weighted by Crippen LogP contribution is 2.06. The van der Waals surface area contributed by atoms with Gasteiger partial charge in [0.05, 0.1) is 13.2 Å². The molecule has 0 bridgehead atoms. The van der Waals surface area contributed by atoms with E-state index in [9.17, 15) is 9.59 Å². The molecule has 0 saturated carbocycles. The van der Waals surface area contributed by atoms with Crippen molar-refractivity contribution >= 4 is 11.8 Å². The largest absolute Gasteiger partial charge is 0.500 e. The molecule has 0 spiro atoms. The smallest absolute Gasteiger partial charge is 0.344 e. The van der Waals surface area contributed by atoms with Crippen LogP contribution < -0.4 is 0 Å². The molecule has 0 N–H and O–H groups in total. The van der Waals surface area contributed by atoms with Crippen molar-refractivity contribution in [1.82, 2.24) is 0 Å². The maximum atomic E-state index is 11.5. The molecular formula is C11H18O4. The van der Waals surface area contributed by atoms with Crippen LogP contribution in [0.5, 0.6) is 0 Å². The molecule has 86 valence electrons. The second-order valence-corrected chi connectivity index (χ2v) is 2.88. The van der Waals surface area contributed by atoms with Crippen LogP contribution in [0, 0.1) is 0 Å². The molecular weight excluding hydrogens is 196 g/mol. The van der Waals surface area contributed by atoms with Crippen LogP contribution in [0.4, 0.5) is 0 Å². The first-order valence-electron chi connectivity index (χ1n) is 5.19. The highest BCUT2D eigenvalue weighted by atomic mass is 16.5. The van der Waals surface area contributed by atoms with Gasteiger partial charge in [-0.15, -0.1) is 0 Å². The molecule has 15 heavy (non-hydrogen) atoms. The molecule has 0 aromatic heterocycles. The molecule has 4 nitrogen and oxygen atoms in total. The molecule has 0 aromatic carbocycles. The summed E-state index contributed by atoms with van der Waals surface area (Å²) in [6, 6.07) is 0. The number of ether oxygens (including phenoxy) is 2. The van der Waals surface area contributed by atoms with E-state index < -0.39 is 5.97 Å². The summed E-state index contributed by atoms with van der Waals surface area (Å²) < 4.78 is 9.71. The van der Waals surface area contributed by atoms with Crippen molar-refractivity contribution < 1.29 is 19.1 Å². The van der Waals surface area contributed by atoms with Crippen LogP contribution in [0.2, 0.25) is 0 Å². The minimum absolute atomic E-state index is 0.000509. The molecule has 0 radical (unpaired) electrons. The van der Waals surface area contributed by atoms with Crippen molar-refractivity contribution in [2.45, 2.75) is 33.6 Å². The minimum Gasteiger partial charge on any atom is -0.500 e. The van der Waals surface area contributed by atoms with Gasteiger partial charge in [0.1, 0.15) is 11.8 Å². The lowest BCUT2D eigenvalue weighted by Crippen LogP contribution is -2.16. The summed E-state index contributed by atoms with van der Waals surface area (Å²) in [5.41, 5.74) is 0.000509. The Morgan fingerprint density at radius 2 is 1.80 bits per heavy atom. The van der Waals surface area contributed by atoms with Gasteiger partial charge in [0.15, 0.2) is 5.78 Å². The molecule has 0 rings (SSSR count). The first-order valence-corrected chi connectivity index (χ1v) is 5.19. The SMILES string of the molecule is CCCC(=O)C(=COCC)C(=O)OCC. The van der Waals surface area contributed by atoms with Crippen LogP contribution in [0.1, 0.15) is 33.6 Å². The zero-order chi connectivity index (χ0) is 11.7. The third-order valence-electron chi connectivity index (χ3n) is 1.64. The number of esters is 1. The van der Waals surface area contributed by atoms with Crippen molar-refractivity contribution in [2.24, 2.45) is 0 Å². The predicted molar refractivity (Wildman–Crippen MR) is 56.3 cm³/mol. The van der Waals surface area contributed by atoms with Crippen molar-refractivity contribution in [2.75, 3.05) is 13.2 Å². The van der Waals surface area contributed by atoms with Gasteiger partial charge in [0.25, 0.3) is 0 Å². The van der Waals surface area contributed by atoms with E-state index in [0.29, 0.717) is 19.4 Å². The number of carbonyl (C=O) groups excluding carboxylic acids is 2. The summed E-state index contributed by atoms with van der Waals surface area (Å²) in [5, 5.41) is 0. The monoisotopic (exact) mass is 214 g/mol. The summed E-state index contributed by atoms with van der Waals surface area (Å²) in [6.45, 7) is 6.02. The quantitative estimate of drug-likeness (QED) is 0.213. The van der Waals surface area contributed by atoms with Gasteiger partial charge in [0.2, 0.25) is 0 Å². The highest BCUT2D eigenvalue weighted by molar-refractivity contribution is 6.17. The lowest BCUT2D eigenvalue weighted by atomic mass is 10.1. The molecule has 0 fully saturated rings. The van der Waals surface area contributed by atoms with E-state index in [0.717, 1.165) is 0 Å². The Balaban J connectivity index is 4.57. The number of carbonyl (C=O) groups is 2. The predicted octanol–water partition coefficient (Wildman–Crippen LogP) is 1.84. The van der Waals surface area contributed by atoms with Crippen LogP contribution in [-0.4, -0.2) is 25.0 Å². The Morgan fingerprint density at radius 3 is 2.27 bits per heavy atom. The Kier molecular flexibility index (Phi) is 7.32. The molecule has 0 amide bonds. The standard InChI is InChI=1S/C11H18O4/c1-4-7-10(12)9(8-14-5-2)11(13)15-6-3/h8H,4-7H2,1-3H3. The second-order valence-electron chi connectivity index (χ2n) is 2.88. The fourth-order valence-electron chi connectivity index (χ4n) is 0.965. The van der Waals surface area contributed by atoms with Crippen molar-refractivity contribution in [3.8, 4) is 0 Å². The van der Waals surface area contributed by atoms with E-state index in [2.05, 4.69) is 0 Å². The molecule has 0 aromatic rings. The highest BCUT2D eigenvalue weighted by Gasteiger charge is 2.18. The number of hydrogen-bond donors (Lipinski definition) is 0.